The molecule has 0 aliphatic heterocycles. The summed E-state index contributed by atoms with van der Waals surface area (Å²) in [6, 6.07) is 4.19. The van der Waals surface area contributed by atoms with Crippen LogP contribution < -0.4 is 0 Å². The Morgan fingerprint density at radius 1 is 1.48 bits per heavy atom. The lowest BCUT2D eigenvalue weighted by Crippen LogP contribution is -2.37. The van der Waals surface area contributed by atoms with Gasteiger partial charge in [-0.3, -0.25) is 10.1 Å². The first kappa shape index (κ1) is 17.4. The number of benzene rings is 1. The highest BCUT2D eigenvalue weighted by Gasteiger charge is 2.31. The molecule has 0 saturated carbocycles. The highest BCUT2D eigenvalue weighted by Crippen LogP contribution is 2.25. The molecule has 0 aromatic heterocycles. The van der Waals surface area contributed by atoms with Crippen LogP contribution >= 0.6 is 11.6 Å². The van der Waals surface area contributed by atoms with E-state index in [-0.39, 0.29) is 17.3 Å². The van der Waals surface area contributed by atoms with Gasteiger partial charge in [-0.1, -0.05) is 38.4 Å². The molecule has 0 aliphatic carbocycles. The Kier molecular flexibility index (Phi) is 5.69. The molecule has 0 saturated heterocycles. The van der Waals surface area contributed by atoms with Crippen molar-refractivity contribution in [2.75, 3.05) is 6.61 Å². The predicted molar refractivity (Wildman–Crippen MR) is 78.6 cm³/mol. The Labute approximate surface area is 127 Å². The first-order valence-corrected chi connectivity index (χ1v) is 6.78. The van der Waals surface area contributed by atoms with Crippen LogP contribution in [0.5, 0.6) is 0 Å². The standard InChI is InChI=1S/C14H18ClNO5/c1-14(2,3)12(13(17)18)21-7-6-9-4-5-10(16(19)20)8-11(9)15/h4-5,8,12H,6-7H2,1-3H3,(H,17,18). The molecule has 1 unspecified atom stereocenters. The van der Waals surface area contributed by atoms with Crippen LogP contribution in [0.4, 0.5) is 5.69 Å². The molecule has 0 aliphatic rings. The number of aliphatic carboxylic acids is 1. The van der Waals surface area contributed by atoms with Crippen LogP contribution in [0.2, 0.25) is 5.02 Å². The molecular weight excluding hydrogens is 298 g/mol. The van der Waals surface area contributed by atoms with Gasteiger partial charge in [0.05, 0.1) is 16.6 Å². The summed E-state index contributed by atoms with van der Waals surface area (Å²) in [5.74, 6) is -1.02. The summed E-state index contributed by atoms with van der Waals surface area (Å²) >= 11 is 5.96. The number of hydrogen-bond acceptors (Lipinski definition) is 4. The third kappa shape index (κ3) is 4.99. The number of rotatable bonds is 6. The number of nitrogens with zero attached hydrogens (tertiary/aromatic N) is 1. The van der Waals surface area contributed by atoms with E-state index in [9.17, 15) is 14.9 Å². The molecule has 0 heterocycles. The molecule has 1 atom stereocenters. The van der Waals surface area contributed by atoms with Crippen molar-refractivity contribution in [3.05, 3.63) is 38.9 Å². The molecule has 1 rings (SSSR count). The fraction of sp³-hybridized carbons (Fsp3) is 0.500. The summed E-state index contributed by atoms with van der Waals surface area (Å²) in [7, 11) is 0. The van der Waals surface area contributed by atoms with Crippen molar-refractivity contribution in [3.8, 4) is 0 Å². The fourth-order valence-electron chi connectivity index (χ4n) is 1.83. The van der Waals surface area contributed by atoms with Crippen molar-refractivity contribution in [2.45, 2.75) is 33.3 Å². The van der Waals surface area contributed by atoms with Gasteiger partial charge in [-0.15, -0.1) is 0 Å². The molecule has 1 aromatic carbocycles. The highest BCUT2D eigenvalue weighted by molar-refractivity contribution is 6.31. The van der Waals surface area contributed by atoms with Gasteiger partial charge < -0.3 is 9.84 Å². The van der Waals surface area contributed by atoms with Crippen LogP contribution in [0.25, 0.3) is 0 Å². The molecule has 1 N–H and O–H groups in total. The van der Waals surface area contributed by atoms with Crippen LogP contribution in [0.1, 0.15) is 26.3 Å². The van der Waals surface area contributed by atoms with Crippen LogP contribution in [0.3, 0.4) is 0 Å². The van der Waals surface area contributed by atoms with E-state index < -0.39 is 22.4 Å². The van der Waals surface area contributed by atoms with Gasteiger partial charge in [-0.05, 0) is 17.4 Å². The summed E-state index contributed by atoms with van der Waals surface area (Å²) < 4.78 is 5.41. The molecule has 0 radical (unpaired) electrons. The Hall–Kier alpha value is -1.66. The van der Waals surface area contributed by atoms with E-state index in [4.69, 9.17) is 21.4 Å². The van der Waals surface area contributed by atoms with Crippen LogP contribution in [0, 0.1) is 15.5 Å². The number of non-ortho nitro benzene ring substituents is 1. The average Bonchev–Trinajstić information content (AvgIpc) is 2.33. The lowest BCUT2D eigenvalue weighted by Gasteiger charge is -2.27. The van der Waals surface area contributed by atoms with Crippen molar-refractivity contribution in [1.29, 1.82) is 0 Å². The second kappa shape index (κ2) is 6.87. The van der Waals surface area contributed by atoms with E-state index in [1.807, 2.05) is 0 Å². The lowest BCUT2D eigenvalue weighted by atomic mass is 9.89. The van der Waals surface area contributed by atoms with E-state index in [2.05, 4.69) is 0 Å². The minimum atomic E-state index is -1.02. The normalized spacial score (nSPS) is 13.0. The minimum absolute atomic E-state index is 0.0808. The third-order valence-corrected chi connectivity index (χ3v) is 3.27. The Morgan fingerprint density at radius 3 is 2.52 bits per heavy atom. The zero-order chi connectivity index (χ0) is 16.2. The summed E-state index contributed by atoms with van der Waals surface area (Å²) in [6.07, 6.45) is -0.536. The monoisotopic (exact) mass is 315 g/mol. The van der Waals surface area contributed by atoms with E-state index in [0.29, 0.717) is 12.0 Å². The minimum Gasteiger partial charge on any atom is -0.479 e. The number of ether oxygens (including phenoxy) is 1. The van der Waals surface area contributed by atoms with Gasteiger partial charge in [0, 0.05) is 12.1 Å². The van der Waals surface area contributed by atoms with E-state index >= 15 is 0 Å². The van der Waals surface area contributed by atoms with Gasteiger partial charge in [0.1, 0.15) is 0 Å². The first-order chi connectivity index (χ1) is 9.62. The van der Waals surface area contributed by atoms with Gasteiger partial charge in [-0.25, -0.2) is 4.79 Å². The quantitative estimate of drug-likeness (QED) is 0.642. The number of carboxylic acid groups (broad SMARTS) is 1. The molecule has 0 spiro atoms. The lowest BCUT2D eigenvalue weighted by molar-refractivity contribution is -0.384. The van der Waals surface area contributed by atoms with Crippen molar-refractivity contribution in [2.24, 2.45) is 5.41 Å². The van der Waals surface area contributed by atoms with Crippen molar-refractivity contribution in [1.82, 2.24) is 0 Å². The molecule has 0 amide bonds. The summed E-state index contributed by atoms with van der Waals surface area (Å²) in [5, 5.41) is 20.0. The SMILES string of the molecule is CC(C)(C)C(OCCc1ccc([N+](=O)[O-])cc1Cl)C(=O)O. The highest BCUT2D eigenvalue weighted by atomic mass is 35.5. The van der Waals surface area contributed by atoms with Gasteiger partial charge in [0.25, 0.3) is 5.69 Å². The number of nitro groups is 1. The molecule has 6 nitrogen and oxygen atoms in total. The van der Waals surface area contributed by atoms with E-state index in [0.717, 1.165) is 0 Å². The molecular formula is C14H18ClNO5. The van der Waals surface area contributed by atoms with Gasteiger partial charge >= 0.3 is 5.97 Å². The molecule has 21 heavy (non-hydrogen) atoms. The average molecular weight is 316 g/mol. The Morgan fingerprint density at radius 2 is 2.10 bits per heavy atom. The van der Waals surface area contributed by atoms with Crippen molar-refractivity contribution >= 4 is 23.3 Å². The van der Waals surface area contributed by atoms with Crippen LogP contribution in [-0.2, 0) is 16.0 Å². The number of hydrogen-bond donors (Lipinski definition) is 1. The molecule has 116 valence electrons. The summed E-state index contributed by atoms with van der Waals surface area (Å²) in [5.41, 5.74) is 0.0774. The molecule has 0 fully saturated rings. The summed E-state index contributed by atoms with van der Waals surface area (Å²) in [4.78, 5) is 21.2. The zero-order valence-electron chi connectivity index (χ0n) is 12.1. The second-order valence-electron chi connectivity index (χ2n) is 5.74. The van der Waals surface area contributed by atoms with Crippen LogP contribution in [0.15, 0.2) is 18.2 Å². The van der Waals surface area contributed by atoms with Gasteiger partial charge in [-0.2, -0.15) is 0 Å². The molecule has 7 heteroatoms. The first-order valence-electron chi connectivity index (χ1n) is 6.40. The Balaban J connectivity index is 2.68. The van der Waals surface area contributed by atoms with Crippen LogP contribution in [-0.4, -0.2) is 28.7 Å². The summed E-state index contributed by atoms with van der Waals surface area (Å²) in [6.45, 7) is 5.52. The largest absolute Gasteiger partial charge is 0.479 e. The second-order valence-corrected chi connectivity index (χ2v) is 6.15. The number of halogens is 1. The zero-order valence-corrected chi connectivity index (χ0v) is 12.9. The topological polar surface area (TPSA) is 89.7 Å². The Bertz CT molecular complexity index is 539. The number of carboxylic acids is 1. The maximum atomic E-state index is 11.1. The smallest absolute Gasteiger partial charge is 0.333 e. The predicted octanol–water partition coefficient (Wildman–Crippen LogP) is 3.31. The van der Waals surface area contributed by atoms with E-state index in [1.54, 1.807) is 26.8 Å². The van der Waals surface area contributed by atoms with Crippen molar-refractivity contribution in [3.63, 3.8) is 0 Å². The number of nitro benzene ring substituents is 1. The number of carbonyl (C=O) groups is 1. The van der Waals surface area contributed by atoms with Gasteiger partial charge in [0.15, 0.2) is 6.10 Å². The van der Waals surface area contributed by atoms with Gasteiger partial charge in [0.2, 0.25) is 0 Å². The maximum Gasteiger partial charge on any atom is 0.333 e. The molecule has 0 bridgehead atoms. The third-order valence-electron chi connectivity index (χ3n) is 2.91. The van der Waals surface area contributed by atoms with Crippen molar-refractivity contribution < 1.29 is 19.6 Å². The van der Waals surface area contributed by atoms with E-state index in [1.165, 1.54) is 12.1 Å². The maximum absolute atomic E-state index is 11.1. The fourth-order valence-corrected chi connectivity index (χ4v) is 2.10. The molecule has 1 aromatic rings.